The fraction of sp³-hybridized carbons (Fsp3) is 0.0588. The van der Waals surface area contributed by atoms with Crippen molar-refractivity contribution in [1.29, 1.82) is 0 Å². The van der Waals surface area contributed by atoms with Crippen LogP contribution in [0.5, 0.6) is 0 Å². The maximum absolute atomic E-state index is 5.97. The van der Waals surface area contributed by atoms with Crippen LogP contribution in [-0.2, 0) is 0 Å². The van der Waals surface area contributed by atoms with Gasteiger partial charge in [-0.15, -0.1) is 0 Å². The zero-order valence-electron chi connectivity index (χ0n) is 10.5. The molecular formula is C17H12BrCl. The Morgan fingerprint density at radius 2 is 1.63 bits per heavy atom. The van der Waals surface area contributed by atoms with E-state index in [0.29, 0.717) is 0 Å². The van der Waals surface area contributed by atoms with Gasteiger partial charge in [0.25, 0.3) is 0 Å². The van der Waals surface area contributed by atoms with Crippen molar-refractivity contribution in [2.75, 3.05) is 0 Å². The molecule has 0 saturated carbocycles. The molecule has 2 heteroatoms. The molecule has 3 aromatic carbocycles. The molecule has 3 rings (SSSR count). The smallest absolute Gasteiger partial charge is 0.0406 e. The molecule has 0 aromatic heterocycles. The quantitative estimate of drug-likeness (QED) is 0.496. The van der Waals surface area contributed by atoms with E-state index < -0.39 is 0 Å². The average molecular weight is 332 g/mol. The van der Waals surface area contributed by atoms with Crippen molar-refractivity contribution in [1.82, 2.24) is 0 Å². The lowest BCUT2D eigenvalue weighted by atomic mass is 9.96. The Bertz CT molecular complexity index is 745. The molecular weight excluding hydrogens is 320 g/mol. The van der Waals surface area contributed by atoms with Crippen LogP contribution < -0.4 is 0 Å². The summed E-state index contributed by atoms with van der Waals surface area (Å²) >= 11 is 9.59. The fourth-order valence-electron chi connectivity index (χ4n) is 2.36. The minimum atomic E-state index is 0.766. The lowest BCUT2D eigenvalue weighted by Crippen LogP contribution is -1.85. The van der Waals surface area contributed by atoms with Gasteiger partial charge in [0.1, 0.15) is 0 Å². The van der Waals surface area contributed by atoms with Crippen molar-refractivity contribution in [3.8, 4) is 11.1 Å². The minimum Gasteiger partial charge on any atom is -0.0843 e. The first-order valence-corrected chi connectivity index (χ1v) is 7.27. The molecule has 0 saturated heterocycles. The maximum Gasteiger partial charge on any atom is 0.0406 e. The van der Waals surface area contributed by atoms with Crippen LogP contribution in [0.3, 0.4) is 0 Å². The van der Waals surface area contributed by atoms with Crippen molar-refractivity contribution >= 4 is 38.3 Å². The van der Waals surface area contributed by atoms with Gasteiger partial charge in [-0.2, -0.15) is 0 Å². The predicted octanol–water partition coefficient (Wildman–Crippen LogP) is 6.23. The molecule has 0 N–H and O–H groups in total. The van der Waals surface area contributed by atoms with Crippen molar-refractivity contribution in [2.24, 2.45) is 0 Å². The largest absolute Gasteiger partial charge is 0.0843 e. The van der Waals surface area contributed by atoms with E-state index in [4.69, 9.17) is 11.6 Å². The lowest BCUT2D eigenvalue weighted by molar-refractivity contribution is 1.49. The van der Waals surface area contributed by atoms with Crippen LogP contribution in [0.2, 0.25) is 5.02 Å². The van der Waals surface area contributed by atoms with E-state index in [2.05, 4.69) is 65.3 Å². The number of rotatable bonds is 1. The maximum atomic E-state index is 5.97. The summed E-state index contributed by atoms with van der Waals surface area (Å²) in [6.07, 6.45) is 0. The van der Waals surface area contributed by atoms with Crippen LogP contribution in [0.15, 0.2) is 59.1 Å². The van der Waals surface area contributed by atoms with Crippen molar-refractivity contribution in [2.45, 2.75) is 6.92 Å². The van der Waals surface area contributed by atoms with Crippen LogP contribution in [0.1, 0.15) is 5.56 Å². The van der Waals surface area contributed by atoms with Crippen molar-refractivity contribution in [3.05, 3.63) is 69.7 Å². The van der Waals surface area contributed by atoms with Crippen molar-refractivity contribution in [3.63, 3.8) is 0 Å². The Balaban J connectivity index is 2.34. The Kier molecular flexibility index (Phi) is 3.34. The third-order valence-corrected chi connectivity index (χ3v) is 4.19. The Morgan fingerprint density at radius 3 is 2.37 bits per heavy atom. The molecule has 3 aromatic rings. The molecule has 0 radical (unpaired) electrons. The molecule has 0 bridgehead atoms. The lowest BCUT2D eigenvalue weighted by Gasteiger charge is -2.10. The van der Waals surface area contributed by atoms with E-state index in [0.717, 1.165) is 9.50 Å². The summed E-state index contributed by atoms with van der Waals surface area (Å²) in [7, 11) is 0. The SMILES string of the molecule is Cc1cc(-c2ccc(Cl)cc2)c2cccc(Br)c2c1. The van der Waals surface area contributed by atoms with Gasteiger partial charge in [0, 0.05) is 9.50 Å². The van der Waals surface area contributed by atoms with Gasteiger partial charge in [0.15, 0.2) is 0 Å². The molecule has 0 aliphatic rings. The predicted molar refractivity (Wildman–Crippen MR) is 86.8 cm³/mol. The van der Waals surface area contributed by atoms with Crippen LogP contribution in [0.25, 0.3) is 21.9 Å². The molecule has 0 spiro atoms. The molecule has 0 aliphatic heterocycles. The first kappa shape index (κ1) is 12.7. The molecule has 19 heavy (non-hydrogen) atoms. The third kappa shape index (κ3) is 2.41. The topological polar surface area (TPSA) is 0 Å². The van der Waals surface area contributed by atoms with Crippen molar-refractivity contribution < 1.29 is 0 Å². The second kappa shape index (κ2) is 4.99. The Hall–Kier alpha value is -1.31. The van der Waals surface area contributed by atoms with E-state index in [1.165, 1.54) is 27.5 Å². The number of hydrogen-bond acceptors (Lipinski definition) is 0. The van der Waals surface area contributed by atoms with Gasteiger partial charge in [-0.25, -0.2) is 0 Å². The number of halogens is 2. The normalized spacial score (nSPS) is 10.9. The molecule has 0 amide bonds. The highest BCUT2D eigenvalue weighted by Gasteiger charge is 2.07. The van der Waals surface area contributed by atoms with Crippen LogP contribution >= 0.6 is 27.5 Å². The van der Waals surface area contributed by atoms with E-state index in [1.54, 1.807) is 0 Å². The zero-order valence-corrected chi connectivity index (χ0v) is 12.8. The van der Waals surface area contributed by atoms with Gasteiger partial charge in [0.2, 0.25) is 0 Å². The van der Waals surface area contributed by atoms with E-state index in [-0.39, 0.29) is 0 Å². The second-order valence-electron chi connectivity index (χ2n) is 4.65. The molecule has 94 valence electrons. The molecule has 0 nitrogen and oxygen atoms in total. The number of benzene rings is 3. The molecule has 0 unspecified atom stereocenters. The first-order valence-electron chi connectivity index (χ1n) is 6.10. The third-order valence-electron chi connectivity index (χ3n) is 3.24. The van der Waals surface area contributed by atoms with Gasteiger partial charge in [-0.3, -0.25) is 0 Å². The summed E-state index contributed by atoms with van der Waals surface area (Å²) in [5.74, 6) is 0. The van der Waals surface area contributed by atoms with Crippen LogP contribution in [0, 0.1) is 6.92 Å². The molecule has 0 aliphatic carbocycles. The molecule has 0 heterocycles. The standard InChI is InChI=1S/C17H12BrCl/c1-11-9-15(12-5-7-13(19)8-6-12)14-3-2-4-17(18)16(14)10-11/h2-10H,1H3. The van der Waals surface area contributed by atoms with Crippen LogP contribution in [0.4, 0.5) is 0 Å². The highest BCUT2D eigenvalue weighted by Crippen LogP contribution is 2.34. The Labute approximate surface area is 126 Å². The van der Waals surface area contributed by atoms with E-state index in [9.17, 15) is 0 Å². The van der Waals surface area contributed by atoms with E-state index >= 15 is 0 Å². The zero-order chi connectivity index (χ0) is 13.4. The highest BCUT2D eigenvalue weighted by molar-refractivity contribution is 9.10. The highest BCUT2D eigenvalue weighted by atomic mass is 79.9. The van der Waals surface area contributed by atoms with Gasteiger partial charge in [-0.05, 0) is 52.6 Å². The first-order chi connectivity index (χ1) is 9.15. The average Bonchev–Trinajstić information content (AvgIpc) is 2.40. The summed E-state index contributed by atoms with van der Waals surface area (Å²) in [6, 6.07) is 18.7. The van der Waals surface area contributed by atoms with Gasteiger partial charge >= 0.3 is 0 Å². The summed E-state index contributed by atoms with van der Waals surface area (Å²) in [6.45, 7) is 2.12. The molecule has 0 atom stereocenters. The van der Waals surface area contributed by atoms with E-state index in [1.807, 2.05) is 12.1 Å². The number of fused-ring (bicyclic) bond motifs is 1. The Morgan fingerprint density at radius 1 is 0.895 bits per heavy atom. The van der Waals surface area contributed by atoms with Gasteiger partial charge < -0.3 is 0 Å². The summed E-state index contributed by atoms with van der Waals surface area (Å²) in [4.78, 5) is 0. The fourth-order valence-corrected chi connectivity index (χ4v) is 2.97. The number of aryl methyl sites for hydroxylation is 1. The summed E-state index contributed by atoms with van der Waals surface area (Å²) in [5.41, 5.74) is 3.69. The van der Waals surface area contributed by atoms with Gasteiger partial charge in [-0.1, -0.05) is 63.9 Å². The monoisotopic (exact) mass is 330 g/mol. The number of hydrogen-bond donors (Lipinski definition) is 0. The minimum absolute atomic E-state index is 0.766. The molecule has 0 fully saturated rings. The van der Waals surface area contributed by atoms with Gasteiger partial charge in [0.05, 0.1) is 0 Å². The summed E-state index contributed by atoms with van der Waals surface area (Å²) in [5, 5.41) is 3.26. The summed E-state index contributed by atoms with van der Waals surface area (Å²) < 4.78 is 1.13. The second-order valence-corrected chi connectivity index (χ2v) is 5.95. The van der Waals surface area contributed by atoms with Crippen LogP contribution in [-0.4, -0.2) is 0 Å².